The first-order chi connectivity index (χ1) is 9.65. The van der Waals surface area contributed by atoms with Crippen molar-refractivity contribution in [3.8, 4) is 0 Å². The molecule has 1 saturated carbocycles. The van der Waals surface area contributed by atoms with Crippen LogP contribution in [0.1, 0.15) is 28.9 Å². The zero-order chi connectivity index (χ0) is 14.1. The van der Waals surface area contributed by atoms with Gasteiger partial charge in [-0.25, -0.2) is 0 Å². The van der Waals surface area contributed by atoms with E-state index < -0.39 is 0 Å². The summed E-state index contributed by atoms with van der Waals surface area (Å²) in [6.07, 6.45) is 7.47. The van der Waals surface area contributed by atoms with Crippen LogP contribution >= 0.6 is 0 Å². The van der Waals surface area contributed by atoms with E-state index in [1.54, 1.807) is 23.0 Å². The molecule has 1 fully saturated rings. The Morgan fingerprint density at radius 3 is 2.90 bits per heavy atom. The minimum atomic E-state index is 0.0375. The molecule has 1 amide bonds. The van der Waals surface area contributed by atoms with Gasteiger partial charge in [-0.1, -0.05) is 6.07 Å². The van der Waals surface area contributed by atoms with Gasteiger partial charge in [-0.15, -0.1) is 0 Å². The molecule has 2 aromatic rings. The molecule has 5 nitrogen and oxygen atoms in total. The quantitative estimate of drug-likeness (QED) is 0.921. The summed E-state index contributed by atoms with van der Waals surface area (Å²) < 4.78 is 1.79. The lowest BCUT2D eigenvalue weighted by Crippen LogP contribution is -2.33. The van der Waals surface area contributed by atoms with E-state index in [0.717, 1.165) is 18.4 Å². The lowest BCUT2D eigenvalue weighted by molar-refractivity contribution is 0.0720. The molecule has 0 aliphatic heterocycles. The normalized spacial score (nSPS) is 14.2. The minimum Gasteiger partial charge on any atom is -0.397 e. The fourth-order valence-electron chi connectivity index (χ4n) is 2.39. The summed E-state index contributed by atoms with van der Waals surface area (Å²) in [6.45, 7) is 0.600. The molecular formula is C15H18N4O. The Morgan fingerprint density at radius 1 is 1.55 bits per heavy atom. The van der Waals surface area contributed by atoms with Crippen LogP contribution in [0.3, 0.4) is 0 Å². The van der Waals surface area contributed by atoms with Crippen LogP contribution in [0.15, 0.2) is 36.8 Å². The van der Waals surface area contributed by atoms with Crippen LogP contribution in [0.25, 0.3) is 0 Å². The van der Waals surface area contributed by atoms with Crippen LogP contribution in [-0.4, -0.2) is 26.4 Å². The fraction of sp³-hybridized carbons (Fsp3) is 0.333. The number of rotatable bonds is 4. The summed E-state index contributed by atoms with van der Waals surface area (Å²) in [5, 5.41) is 0. The summed E-state index contributed by atoms with van der Waals surface area (Å²) in [4.78, 5) is 18.7. The lowest BCUT2D eigenvalue weighted by Gasteiger charge is -2.22. The van der Waals surface area contributed by atoms with Gasteiger partial charge in [0.15, 0.2) is 0 Å². The Bertz CT molecular complexity index is 616. The molecule has 0 unspecified atom stereocenters. The van der Waals surface area contributed by atoms with E-state index >= 15 is 0 Å². The maximum absolute atomic E-state index is 12.7. The first-order valence-corrected chi connectivity index (χ1v) is 6.77. The van der Waals surface area contributed by atoms with Crippen molar-refractivity contribution in [1.29, 1.82) is 0 Å². The molecule has 0 spiro atoms. The topological polar surface area (TPSA) is 64.2 Å². The van der Waals surface area contributed by atoms with Crippen LogP contribution in [0.4, 0.5) is 5.69 Å². The molecule has 3 rings (SSSR count). The number of nitrogen functional groups attached to an aromatic ring is 1. The van der Waals surface area contributed by atoms with E-state index in [2.05, 4.69) is 4.98 Å². The van der Waals surface area contributed by atoms with Crippen molar-refractivity contribution in [2.24, 2.45) is 7.05 Å². The van der Waals surface area contributed by atoms with Gasteiger partial charge in [0.25, 0.3) is 5.91 Å². The summed E-state index contributed by atoms with van der Waals surface area (Å²) in [5.74, 6) is 0.0375. The van der Waals surface area contributed by atoms with E-state index in [1.165, 1.54) is 0 Å². The average Bonchev–Trinajstić information content (AvgIpc) is 3.22. The Labute approximate surface area is 118 Å². The van der Waals surface area contributed by atoms with Gasteiger partial charge in [-0.05, 0) is 30.5 Å². The molecule has 2 N–H and O–H groups in total. The van der Waals surface area contributed by atoms with Gasteiger partial charge in [0.05, 0.1) is 5.69 Å². The molecule has 0 bridgehead atoms. The van der Waals surface area contributed by atoms with Gasteiger partial charge in [0.1, 0.15) is 5.69 Å². The highest BCUT2D eigenvalue weighted by Gasteiger charge is 2.34. The Balaban J connectivity index is 1.84. The number of hydrogen-bond acceptors (Lipinski definition) is 3. The monoisotopic (exact) mass is 270 g/mol. The number of carbonyl (C=O) groups is 1. The SMILES string of the molecule is Cn1cc(N)cc1C(=O)N(Cc1cccnc1)C1CC1. The third-order valence-corrected chi connectivity index (χ3v) is 3.57. The molecule has 20 heavy (non-hydrogen) atoms. The standard InChI is InChI=1S/C15H18N4O/c1-18-10-12(16)7-14(18)15(20)19(13-4-5-13)9-11-3-2-6-17-8-11/h2-3,6-8,10,13H,4-5,9,16H2,1H3. The number of aromatic nitrogens is 2. The highest BCUT2D eigenvalue weighted by molar-refractivity contribution is 5.94. The van der Waals surface area contributed by atoms with Gasteiger partial charge >= 0.3 is 0 Å². The van der Waals surface area contributed by atoms with Crippen LogP contribution in [0.5, 0.6) is 0 Å². The Kier molecular flexibility index (Phi) is 3.18. The molecule has 1 aliphatic carbocycles. The van der Waals surface area contributed by atoms with Crippen molar-refractivity contribution in [2.45, 2.75) is 25.4 Å². The second-order valence-corrected chi connectivity index (χ2v) is 5.30. The van der Waals surface area contributed by atoms with Gasteiger partial charge in [-0.2, -0.15) is 0 Å². The molecule has 0 saturated heterocycles. The summed E-state index contributed by atoms with van der Waals surface area (Å²) in [5.41, 5.74) is 8.07. The fourth-order valence-corrected chi connectivity index (χ4v) is 2.39. The van der Waals surface area contributed by atoms with Gasteiger partial charge in [0, 0.05) is 38.2 Å². The zero-order valence-corrected chi connectivity index (χ0v) is 11.5. The first kappa shape index (κ1) is 12.7. The number of nitrogens with zero attached hydrogens (tertiary/aromatic N) is 3. The molecular weight excluding hydrogens is 252 g/mol. The largest absolute Gasteiger partial charge is 0.397 e. The number of pyridine rings is 1. The molecule has 104 valence electrons. The summed E-state index contributed by atoms with van der Waals surface area (Å²) >= 11 is 0. The second-order valence-electron chi connectivity index (χ2n) is 5.30. The third kappa shape index (κ3) is 2.52. The van der Waals surface area contributed by atoms with Gasteiger partial charge < -0.3 is 15.2 Å². The van der Waals surface area contributed by atoms with Crippen LogP contribution < -0.4 is 5.73 Å². The van der Waals surface area contributed by atoms with Crippen molar-refractivity contribution >= 4 is 11.6 Å². The third-order valence-electron chi connectivity index (χ3n) is 3.57. The van der Waals surface area contributed by atoms with Crippen molar-refractivity contribution in [2.75, 3.05) is 5.73 Å². The van der Waals surface area contributed by atoms with E-state index in [9.17, 15) is 4.79 Å². The second kappa shape index (κ2) is 5.00. The molecule has 5 heteroatoms. The maximum Gasteiger partial charge on any atom is 0.271 e. The molecule has 1 aliphatic rings. The smallest absolute Gasteiger partial charge is 0.271 e. The Hall–Kier alpha value is -2.30. The van der Waals surface area contributed by atoms with Gasteiger partial charge in [0.2, 0.25) is 0 Å². The van der Waals surface area contributed by atoms with Crippen molar-refractivity contribution in [1.82, 2.24) is 14.5 Å². The average molecular weight is 270 g/mol. The maximum atomic E-state index is 12.7. The van der Waals surface area contributed by atoms with E-state index in [-0.39, 0.29) is 5.91 Å². The van der Waals surface area contributed by atoms with E-state index in [1.807, 2.05) is 30.3 Å². The number of aryl methyl sites for hydroxylation is 1. The molecule has 2 heterocycles. The molecule has 0 atom stereocenters. The van der Waals surface area contributed by atoms with Gasteiger partial charge in [-0.3, -0.25) is 9.78 Å². The predicted octanol–water partition coefficient (Wildman–Crippen LogP) is 1.81. The number of carbonyl (C=O) groups excluding carboxylic acids is 1. The van der Waals surface area contributed by atoms with E-state index in [0.29, 0.717) is 24.0 Å². The van der Waals surface area contributed by atoms with Crippen LogP contribution in [0.2, 0.25) is 0 Å². The Morgan fingerprint density at radius 2 is 2.35 bits per heavy atom. The minimum absolute atomic E-state index is 0.0375. The predicted molar refractivity (Wildman–Crippen MR) is 77.0 cm³/mol. The van der Waals surface area contributed by atoms with Crippen LogP contribution in [0, 0.1) is 0 Å². The summed E-state index contributed by atoms with van der Waals surface area (Å²) in [6, 6.07) is 5.97. The van der Waals surface area contributed by atoms with Crippen LogP contribution in [-0.2, 0) is 13.6 Å². The van der Waals surface area contributed by atoms with Crippen molar-refractivity contribution in [3.63, 3.8) is 0 Å². The number of hydrogen-bond donors (Lipinski definition) is 1. The number of nitrogens with two attached hydrogens (primary N) is 1. The van der Waals surface area contributed by atoms with E-state index in [4.69, 9.17) is 5.73 Å². The highest BCUT2D eigenvalue weighted by atomic mass is 16.2. The zero-order valence-electron chi connectivity index (χ0n) is 11.5. The summed E-state index contributed by atoms with van der Waals surface area (Å²) in [7, 11) is 1.85. The van der Waals surface area contributed by atoms with Crippen molar-refractivity contribution in [3.05, 3.63) is 48.0 Å². The highest BCUT2D eigenvalue weighted by Crippen LogP contribution is 2.30. The number of anilines is 1. The molecule has 0 aromatic carbocycles. The van der Waals surface area contributed by atoms with Crippen molar-refractivity contribution < 1.29 is 4.79 Å². The molecule has 2 aromatic heterocycles. The number of amides is 1. The first-order valence-electron chi connectivity index (χ1n) is 6.77. The molecule has 0 radical (unpaired) electrons. The lowest BCUT2D eigenvalue weighted by atomic mass is 10.2.